The molecule has 6 heteroatoms. The number of aromatic nitrogens is 2. The van der Waals surface area contributed by atoms with Crippen LogP contribution in [-0.2, 0) is 4.74 Å². The van der Waals surface area contributed by atoms with E-state index >= 15 is 0 Å². The maximum absolute atomic E-state index is 11.8. The molecule has 106 valence electrons. The molecule has 2 N–H and O–H groups in total. The zero-order valence-corrected chi connectivity index (χ0v) is 11.5. The Hall–Kier alpha value is -2.34. The summed E-state index contributed by atoms with van der Waals surface area (Å²) in [5, 5.41) is 9.59. The molecule has 0 aliphatic rings. The fraction of sp³-hybridized carbons (Fsp3) is 0.286. The topological polar surface area (TPSA) is 76.2 Å². The van der Waals surface area contributed by atoms with Crippen molar-refractivity contribution < 1.29 is 14.3 Å². The number of carbonyl (C=O) groups excluding carboxylic acids is 1. The molecule has 0 saturated carbocycles. The standard InChI is InChI=1S/C14H17N3O3/c1-19-8-7-15-14(18)13-9-12(16-17-13)10-3-5-11(20-2)6-4-10/h3-6,9H,7-8H2,1-2H3,(H,15,18)(H,16,17). The number of methoxy groups -OCH3 is 2. The molecular weight excluding hydrogens is 258 g/mol. The van der Waals surface area contributed by atoms with Crippen molar-refractivity contribution in [2.75, 3.05) is 27.4 Å². The Morgan fingerprint density at radius 3 is 2.70 bits per heavy atom. The minimum absolute atomic E-state index is 0.200. The van der Waals surface area contributed by atoms with E-state index in [0.29, 0.717) is 24.5 Å². The Kier molecular flexibility index (Phi) is 4.73. The largest absolute Gasteiger partial charge is 0.497 e. The Bertz CT molecular complexity index is 563. The predicted molar refractivity (Wildman–Crippen MR) is 74.8 cm³/mol. The molecule has 0 unspecified atom stereocenters. The van der Waals surface area contributed by atoms with Gasteiger partial charge in [-0.1, -0.05) is 0 Å². The SMILES string of the molecule is COCCNC(=O)c1cc(-c2ccc(OC)cc2)n[nH]1. The normalized spacial score (nSPS) is 10.3. The highest BCUT2D eigenvalue weighted by atomic mass is 16.5. The van der Waals surface area contributed by atoms with Crippen molar-refractivity contribution in [3.8, 4) is 17.0 Å². The summed E-state index contributed by atoms with van der Waals surface area (Å²) in [6.07, 6.45) is 0. The maximum atomic E-state index is 11.8. The molecule has 2 rings (SSSR count). The second-order valence-corrected chi connectivity index (χ2v) is 4.14. The van der Waals surface area contributed by atoms with Crippen LogP contribution in [0.3, 0.4) is 0 Å². The van der Waals surface area contributed by atoms with Crippen molar-refractivity contribution in [2.24, 2.45) is 0 Å². The van der Waals surface area contributed by atoms with Gasteiger partial charge in [-0.25, -0.2) is 0 Å². The van der Waals surface area contributed by atoms with Gasteiger partial charge in [-0.3, -0.25) is 9.89 Å². The highest BCUT2D eigenvalue weighted by molar-refractivity contribution is 5.93. The minimum Gasteiger partial charge on any atom is -0.497 e. The minimum atomic E-state index is -0.200. The van der Waals surface area contributed by atoms with Crippen LogP contribution >= 0.6 is 0 Å². The molecule has 1 aromatic carbocycles. The average Bonchev–Trinajstić information content (AvgIpc) is 2.97. The molecule has 0 saturated heterocycles. The lowest BCUT2D eigenvalue weighted by Gasteiger charge is -2.01. The lowest BCUT2D eigenvalue weighted by Crippen LogP contribution is -2.27. The number of H-pyrrole nitrogens is 1. The second kappa shape index (κ2) is 6.72. The Morgan fingerprint density at radius 1 is 1.30 bits per heavy atom. The van der Waals surface area contributed by atoms with E-state index in [9.17, 15) is 4.79 Å². The summed E-state index contributed by atoms with van der Waals surface area (Å²) >= 11 is 0. The molecule has 0 atom stereocenters. The van der Waals surface area contributed by atoms with Crippen LogP contribution in [0.1, 0.15) is 10.5 Å². The highest BCUT2D eigenvalue weighted by Gasteiger charge is 2.10. The number of nitrogens with one attached hydrogen (secondary N) is 2. The van der Waals surface area contributed by atoms with Gasteiger partial charge in [0.2, 0.25) is 0 Å². The molecular formula is C14H17N3O3. The van der Waals surface area contributed by atoms with Gasteiger partial charge in [0.1, 0.15) is 11.4 Å². The van der Waals surface area contributed by atoms with Gasteiger partial charge in [0.25, 0.3) is 5.91 Å². The summed E-state index contributed by atoms with van der Waals surface area (Å²) in [7, 11) is 3.20. The third kappa shape index (κ3) is 3.36. The monoisotopic (exact) mass is 275 g/mol. The van der Waals surface area contributed by atoms with E-state index in [1.165, 1.54) is 0 Å². The first-order chi connectivity index (χ1) is 9.74. The number of nitrogens with zero attached hydrogens (tertiary/aromatic N) is 1. The molecule has 1 aromatic heterocycles. The van der Waals surface area contributed by atoms with Gasteiger partial charge >= 0.3 is 0 Å². The van der Waals surface area contributed by atoms with E-state index in [1.54, 1.807) is 20.3 Å². The van der Waals surface area contributed by atoms with E-state index in [-0.39, 0.29) is 5.91 Å². The summed E-state index contributed by atoms with van der Waals surface area (Å²) in [5.74, 6) is 0.580. The zero-order valence-electron chi connectivity index (χ0n) is 11.5. The molecule has 2 aromatic rings. The van der Waals surface area contributed by atoms with Crippen molar-refractivity contribution >= 4 is 5.91 Å². The van der Waals surface area contributed by atoms with Crippen LogP contribution < -0.4 is 10.1 Å². The van der Waals surface area contributed by atoms with Crippen molar-refractivity contribution in [3.05, 3.63) is 36.0 Å². The summed E-state index contributed by atoms with van der Waals surface area (Å²) in [4.78, 5) is 11.8. The van der Waals surface area contributed by atoms with E-state index in [0.717, 1.165) is 11.3 Å². The molecule has 0 fully saturated rings. The molecule has 1 amide bonds. The molecule has 0 spiro atoms. The Morgan fingerprint density at radius 2 is 2.05 bits per heavy atom. The molecule has 6 nitrogen and oxygen atoms in total. The third-order valence-corrected chi connectivity index (χ3v) is 2.80. The summed E-state index contributed by atoms with van der Waals surface area (Å²) in [6.45, 7) is 0.942. The number of rotatable bonds is 6. The van der Waals surface area contributed by atoms with Crippen molar-refractivity contribution in [1.82, 2.24) is 15.5 Å². The molecule has 1 heterocycles. The van der Waals surface area contributed by atoms with Crippen molar-refractivity contribution in [2.45, 2.75) is 0 Å². The predicted octanol–water partition coefficient (Wildman–Crippen LogP) is 1.46. The average molecular weight is 275 g/mol. The molecule has 0 aliphatic heterocycles. The van der Waals surface area contributed by atoms with Gasteiger partial charge in [0.15, 0.2) is 0 Å². The molecule has 20 heavy (non-hydrogen) atoms. The fourth-order valence-electron chi connectivity index (χ4n) is 1.71. The van der Waals surface area contributed by atoms with Gasteiger partial charge in [0.05, 0.1) is 19.4 Å². The van der Waals surface area contributed by atoms with Crippen LogP contribution in [0.2, 0.25) is 0 Å². The number of hydrogen-bond donors (Lipinski definition) is 2. The van der Waals surface area contributed by atoms with E-state index in [2.05, 4.69) is 15.5 Å². The summed E-state index contributed by atoms with van der Waals surface area (Å²) < 4.78 is 9.97. The van der Waals surface area contributed by atoms with Crippen molar-refractivity contribution in [1.29, 1.82) is 0 Å². The molecule has 0 radical (unpaired) electrons. The van der Waals surface area contributed by atoms with Gasteiger partial charge in [-0.05, 0) is 30.3 Å². The van der Waals surface area contributed by atoms with Crippen LogP contribution in [0.4, 0.5) is 0 Å². The molecule has 0 aliphatic carbocycles. The van der Waals surface area contributed by atoms with Crippen LogP contribution in [0.15, 0.2) is 30.3 Å². The van der Waals surface area contributed by atoms with E-state index in [1.807, 2.05) is 24.3 Å². The lowest BCUT2D eigenvalue weighted by atomic mass is 10.1. The maximum Gasteiger partial charge on any atom is 0.269 e. The van der Waals surface area contributed by atoms with Gasteiger partial charge in [-0.15, -0.1) is 0 Å². The summed E-state index contributed by atoms with van der Waals surface area (Å²) in [5.41, 5.74) is 2.05. The lowest BCUT2D eigenvalue weighted by molar-refractivity contribution is 0.0932. The Labute approximate surface area is 117 Å². The number of aromatic amines is 1. The van der Waals surface area contributed by atoms with E-state index in [4.69, 9.17) is 9.47 Å². The van der Waals surface area contributed by atoms with Crippen LogP contribution in [0.5, 0.6) is 5.75 Å². The zero-order chi connectivity index (χ0) is 14.4. The third-order valence-electron chi connectivity index (χ3n) is 2.80. The number of ether oxygens (including phenoxy) is 2. The number of amides is 1. The van der Waals surface area contributed by atoms with Crippen molar-refractivity contribution in [3.63, 3.8) is 0 Å². The smallest absolute Gasteiger partial charge is 0.269 e. The van der Waals surface area contributed by atoms with E-state index < -0.39 is 0 Å². The van der Waals surface area contributed by atoms with Crippen LogP contribution in [-0.4, -0.2) is 43.5 Å². The quantitative estimate of drug-likeness (QED) is 0.783. The number of benzene rings is 1. The van der Waals surface area contributed by atoms with Crippen LogP contribution in [0, 0.1) is 0 Å². The van der Waals surface area contributed by atoms with Gasteiger partial charge in [0, 0.05) is 19.2 Å². The first-order valence-electron chi connectivity index (χ1n) is 6.21. The van der Waals surface area contributed by atoms with Gasteiger partial charge in [-0.2, -0.15) is 5.10 Å². The second-order valence-electron chi connectivity index (χ2n) is 4.14. The first kappa shape index (κ1) is 14.1. The first-order valence-corrected chi connectivity index (χ1v) is 6.21. The fourth-order valence-corrected chi connectivity index (χ4v) is 1.71. The Balaban J connectivity index is 2.05. The highest BCUT2D eigenvalue weighted by Crippen LogP contribution is 2.20. The molecule has 0 bridgehead atoms. The van der Waals surface area contributed by atoms with Crippen LogP contribution in [0.25, 0.3) is 11.3 Å². The summed E-state index contributed by atoms with van der Waals surface area (Å²) in [6, 6.07) is 9.19. The number of carbonyl (C=O) groups is 1. The van der Waals surface area contributed by atoms with Gasteiger partial charge < -0.3 is 14.8 Å². The number of hydrogen-bond acceptors (Lipinski definition) is 4.